The number of nitrogens with one attached hydrogen (secondary N) is 1. The molecular weight excluding hydrogens is 310 g/mol. The molecule has 2 rings (SSSR count). The van der Waals surface area contributed by atoms with E-state index < -0.39 is 34.3 Å². The average Bonchev–Trinajstić information content (AvgIpc) is 2.35. The van der Waals surface area contributed by atoms with Gasteiger partial charge in [-0.1, -0.05) is 0 Å². The van der Waals surface area contributed by atoms with E-state index in [-0.39, 0.29) is 30.0 Å². The number of hydrogen-bond donors (Lipinski definition) is 1. The Morgan fingerprint density at radius 2 is 2.00 bits per heavy atom. The SMILES string of the molecule is O=S1(=O)CCC(NCCCC(F)(F)F)c2cc(F)ccc21. The number of benzene rings is 1. The summed E-state index contributed by atoms with van der Waals surface area (Å²) in [5.74, 6) is -0.657. The molecular formula is C13H15F4NO2S. The fourth-order valence-corrected chi connectivity index (χ4v) is 3.99. The van der Waals surface area contributed by atoms with Gasteiger partial charge < -0.3 is 5.32 Å². The van der Waals surface area contributed by atoms with Gasteiger partial charge in [-0.3, -0.25) is 0 Å². The zero-order chi connectivity index (χ0) is 15.7. The van der Waals surface area contributed by atoms with Crippen molar-refractivity contribution in [2.24, 2.45) is 0 Å². The molecule has 1 aromatic carbocycles. The number of halogens is 4. The Morgan fingerprint density at radius 3 is 2.67 bits per heavy atom. The first-order valence-corrected chi connectivity index (χ1v) is 8.17. The first-order chi connectivity index (χ1) is 9.69. The summed E-state index contributed by atoms with van der Waals surface area (Å²) in [6.07, 6.45) is -4.98. The normalized spacial score (nSPS) is 21.0. The molecule has 0 aromatic heterocycles. The van der Waals surface area contributed by atoms with Crippen LogP contribution in [0.5, 0.6) is 0 Å². The van der Waals surface area contributed by atoms with E-state index in [0.29, 0.717) is 5.56 Å². The van der Waals surface area contributed by atoms with E-state index in [1.54, 1.807) is 0 Å². The molecule has 21 heavy (non-hydrogen) atoms. The number of hydrogen-bond acceptors (Lipinski definition) is 3. The van der Waals surface area contributed by atoms with Gasteiger partial charge >= 0.3 is 6.18 Å². The zero-order valence-corrected chi connectivity index (χ0v) is 11.9. The molecule has 0 amide bonds. The van der Waals surface area contributed by atoms with Crippen LogP contribution in [0, 0.1) is 5.82 Å². The lowest BCUT2D eigenvalue weighted by atomic mass is 10.0. The predicted octanol–water partition coefficient (Wildman–Crippen LogP) is 2.98. The van der Waals surface area contributed by atoms with Crippen molar-refractivity contribution in [3.05, 3.63) is 29.6 Å². The van der Waals surface area contributed by atoms with Crippen molar-refractivity contribution in [2.45, 2.75) is 36.4 Å². The zero-order valence-electron chi connectivity index (χ0n) is 11.1. The summed E-state index contributed by atoms with van der Waals surface area (Å²) in [7, 11) is -3.43. The van der Waals surface area contributed by atoms with Crippen molar-refractivity contribution in [3.8, 4) is 0 Å². The third-order valence-electron chi connectivity index (χ3n) is 3.39. The highest BCUT2D eigenvalue weighted by atomic mass is 32.2. The van der Waals surface area contributed by atoms with E-state index in [1.165, 1.54) is 6.07 Å². The summed E-state index contributed by atoms with van der Waals surface area (Å²) < 4.78 is 73.3. The van der Waals surface area contributed by atoms with Crippen LogP contribution in [-0.4, -0.2) is 26.9 Å². The molecule has 1 aromatic rings. The molecule has 3 nitrogen and oxygen atoms in total. The number of rotatable bonds is 4. The lowest BCUT2D eigenvalue weighted by Gasteiger charge is -2.26. The van der Waals surface area contributed by atoms with Crippen molar-refractivity contribution in [2.75, 3.05) is 12.3 Å². The van der Waals surface area contributed by atoms with Crippen molar-refractivity contribution in [1.29, 1.82) is 0 Å². The van der Waals surface area contributed by atoms with E-state index in [9.17, 15) is 26.0 Å². The van der Waals surface area contributed by atoms with Crippen LogP contribution in [0.25, 0.3) is 0 Å². The van der Waals surface area contributed by atoms with Gasteiger partial charge in [-0.05, 0) is 43.1 Å². The van der Waals surface area contributed by atoms with Crippen molar-refractivity contribution in [1.82, 2.24) is 5.32 Å². The molecule has 0 fully saturated rings. The van der Waals surface area contributed by atoms with Gasteiger partial charge in [0, 0.05) is 12.5 Å². The maximum absolute atomic E-state index is 13.3. The Morgan fingerprint density at radius 1 is 1.29 bits per heavy atom. The molecule has 118 valence electrons. The second kappa shape index (κ2) is 5.92. The van der Waals surface area contributed by atoms with Crippen molar-refractivity contribution < 1.29 is 26.0 Å². The standard InChI is InChI=1S/C13H15F4NO2S/c14-9-2-3-12-10(8-9)11(4-7-21(12,19)20)18-6-1-5-13(15,16)17/h2-3,8,11,18H,1,4-7H2. The van der Waals surface area contributed by atoms with Gasteiger partial charge in [-0.2, -0.15) is 13.2 Å². The quantitative estimate of drug-likeness (QED) is 0.526. The highest BCUT2D eigenvalue weighted by Crippen LogP contribution is 2.32. The maximum atomic E-state index is 13.3. The Balaban J connectivity index is 2.08. The minimum atomic E-state index is -4.21. The number of alkyl halides is 3. The van der Waals surface area contributed by atoms with Crippen LogP contribution in [0.4, 0.5) is 17.6 Å². The van der Waals surface area contributed by atoms with Crippen molar-refractivity contribution >= 4 is 9.84 Å². The lowest BCUT2D eigenvalue weighted by Crippen LogP contribution is -2.31. The molecule has 0 radical (unpaired) electrons. The molecule has 0 saturated carbocycles. The summed E-state index contributed by atoms with van der Waals surface area (Å²) in [5.41, 5.74) is 0.299. The second-order valence-corrected chi connectivity index (χ2v) is 7.09. The average molecular weight is 325 g/mol. The molecule has 1 aliphatic rings. The van der Waals surface area contributed by atoms with Gasteiger partial charge in [0.25, 0.3) is 0 Å². The van der Waals surface area contributed by atoms with Crippen LogP contribution in [0.15, 0.2) is 23.1 Å². The van der Waals surface area contributed by atoms with Crippen LogP contribution >= 0.6 is 0 Å². The van der Waals surface area contributed by atoms with E-state index in [4.69, 9.17) is 0 Å². The smallest absolute Gasteiger partial charge is 0.310 e. The van der Waals surface area contributed by atoms with E-state index in [0.717, 1.165) is 12.1 Å². The van der Waals surface area contributed by atoms with Gasteiger partial charge in [0.2, 0.25) is 0 Å². The molecule has 1 unspecified atom stereocenters. The first-order valence-electron chi connectivity index (χ1n) is 6.51. The molecule has 8 heteroatoms. The van der Waals surface area contributed by atoms with Crippen molar-refractivity contribution in [3.63, 3.8) is 0 Å². The Labute approximate surface area is 120 Å². The molecule has 1 atom stereocenters. The highest BCUT2D eigenvalue weighted by molar-refractivity contribution is 7.91. The number of sulfone groups is 1. The highest BCUT2D eigenvalue weighted by Gasteiger charge is 2.31. The summed E-state index contributed by atoms with van der Waals surface area (Å²) in [4.78, 5) is 0.0588. The van der Waals surface area contributed by atoms with Crippen LogP contribution in [-0.2, 0) is 9.84 Å². The topological polar surface area (TPSA) is 46.2 Å². The molecule has 0 spiro atoms. The van der Waals surface area contributed by atoms with Gasteiger partial charge in [0.05, 0.1) is 10.6 Å². The second-order valence-electron chi connectivity index (χ2n) is 5.02. The Hall–Kier alpha value is -1.15. The largest absolute Gasteiger partial charge is 0.389 e. The van der Waals surface area contributed by atoms with Gasteiger partial charge in [0.15, 0.2) is 9.84 Å². The summed E-state index contributed by atoms with van der Waals surface area (Å²) >= 11 is 0. The maximum Gasteiger partial charge on any atom is 0.389 e. The lowest BCUT2D eigenvalue weighted by molar-refractivity contribution is -0.135. The van der Waals surface area contributed by atoms with Crippen LogP contribution in [0.1, 0.15) is 30.9 Å². The third-order valence-corrected chi connectivity index (χ3v) is 5.20. The predicted molar refractivity (Wildman–Crippen MR) is 69.1 cm³/mol. The van der Waals surface area contributed by atoms with Gasteiger partial charge in [0.1, 0.15) is 5.82 Å². The molecule has 1 heterocycles. The Bertz CT molecular complexity index is 613. The van der Waals surface area contributed by atoms with E-state index in [1.807, 2.05) is 0 Å². The molecule has 1 N–H and O–H groups in total. The fourth-order valence-electron chi connectivity index (χ4n) is 2.39. The molecule has 1 aliphatic heterocycles. The third kappa shape index (κ3) is 4.16. The summed E-state index contributed by atoms with van der Waals surface area (Å²) in [6.45, 7) is 0.0974. The van der Waals surface area contributed by atoms with Crippen LogP contribution in [0.3, 0.4) is 0 Å². The van der Waals surface area contributed by atoms with Gasteiger partial charge in [-0.15, -0.1) is 0 Å². The fraction of sp³-hybridized carbons (Fsp3) is 0.538. The molecule has 0 bridgehead atoms. The van der Waals surface area contributed by atoms with Crippen LogP contribution in [0.2, 0.25) is 0 Å². The first kappa shape index (κ1) is 16.2. The summed E-state index contributed by atoms with van der Waals surface area (Å²) in [6, 6.07) is 2.98. The molecule has 0 aliphatic carbocycles. The monoisotopic (exact) mass is 325 g/mol. The Kier molecular flexibility index (Phi) is 4.57. The van der Waals surface area contributed by atoms with E-state index in [2.05, 4.69) is 5.32 Å². The van der Waals surface area contributed by atoms with Gasteiger partial charge in [-0.25, -0.2) is 12.8 Å². The molecule has 0 saturated heterocycles. The summed E-state index contributed by atoms with van der Waals surface area (Å²) in [5, 5.41) is 2.88. The minimum Gasteiger partial charge on any atom is -0.310 e. The number of fused-ring (bicyclic) bond motifs is 1. The minimum absolute atomic E-state index is 0.0588. The van der Waals surface area contributed by atoms with E-state index >= 15 is 0 Å². The van der Waals surface area contributed by atoms with Crippen LogP contribution < -0.4 is 5.32 Å².